The summed E-state index contributed by atoms with van der Waals surface area (Å²) in [5.74, 6) is -0.00574. The SMILES string of the molecule is CN(C)C(=O)N1CCC[C@@H](C(=O)NCCc2cccs2)C1. The number of nitrogens with one attached hydrogen (secondary N) is 1. The maximum absolute atomic E-state index is 12.2. The fraction of sp³-hybridized carbons (Fsp3) is 0.600. The van der Waals surface area contributed by atoms with Crippen LogP contribution in [0.15, 0.2) is 17.5 Å². The number of carbonyl (C=O) groups excluding carboxylic acids is 2. The van der Waals surface area contributed by atoms with Crippen molar-refractivity contribution in [3.05, 3.63) is 22.4 Å². The van der Waals surface area contributed by atoms with E-state index in [1.54, 1.807) is 35.2 Å². The highest BCUT2D eigenvalue weighted by Gasteiger charge is 2.28. The van der Waals surface area contributed by atoms with E-state index >= 15 is 0 Å². The van der Waals surface area contributed by atoms with Crippen LogP contribution in [0.2, 0.25) is 0 Å². The first-order chi connectivity index (χ1) is 10.1. The van der Waals surface area contributed by atoms with Gasteiger partial charge in [0.25, 0.3) is 0 Å². The molecule has 1 aromatic heterocycles. The van der Waals surface area contributed by atoms with E-state index in [0.29, 0.717) is 13.1 Å². The Kier molecular flexibility index (Phi) is 5.61. The van der Waals surface area contributed by atoms with Crippen molar-refractivity contribution in [1.82, 2.24) is 15.1 Å². The van der Waals surface area contributed by atoms with E-state index < -0.39 is 0 Å². The van der Waals surface area contributed by atoms with Crippen molar-refractivity contribution in [3.63, 3.8) is 0 Å². The standard InChI is InChI=1S/C15H23N3O2S/c1-17(2)15(20)18-9-3-5-12(11-18)14(19)16-8-7-13-6-4-10-21-13/h4,6,10,12H,3,5,7-9,11H2,1-2H3,(H,16,19)/t12-/m1/s1. The second kappa shape index (κ2) is 7.45. The number of nitrogens with zero attached hydrogens (tertiary/aromatic N) is 2. The number of thiophene rings is 1. The van der Waals surface area contributed by atoms with Gasteiger partial charge < -0.3 is 15.1 Å². The minimum atomic E-state index is -0.0778. The molecule has 1 N–H and O–H groups in total. The van der Waals surface area contributed by atoms with Gasteiger partial charge in [-0.15, -0.1) is 11.3 Å². The lowest BCUT2D eigenvalue weighted by atomic mass is 9.97. The maximum atomic E-state index is 12.2. The molecule has 1 fully saturated rings. The molecule has 0 bridgehead atoms. The number of urea groups is 1. The molecule has 0 aromatic carbocycles. The topological polar surface area (TPSA) is 52.7 Å². The van der Waals surface area contributed by atoms with Crippen molar-refractivity contribution in [3.8, 4) is 0 Å². The van der Waals surface area contributed by atoms with Gasteiger partial charge in [-0.1, -0.05) is 6.07 Å². The van der Waals surface area contributed by atoms with E-state index in [2.05, 4.69) is 11.4 Å². The summed E-state index contributed by atoms with van der Waals surface area (Å²) in [4.78, 5) is 28.8. The van der Waals surface area contributed by atoms with Crippen molar-refractivity contribution in [2.75, 3.05) is 33.7 Å². The summed E-state index contributed by atoms with van der Waals surface area (Å²) in [6, 6.07) is 4.09. The molecule has 0 aliphatic carbocycles. The molecule has 5 nitrogen and oxygen atoms in total. The van der Waals surface area contributed by atoms with Gasteiger partial charge >= 0.3 is 6.03 Å². The Balaban J connectivity index is 1.77. The van der Waals surface area contributed by atoms with Gasteiger partial charge in [-0.3, -0.25) is 4.79 Å². The second-order valence-corrected chi connectivity index (χ2v) is 6.61. The average Bonchev–Trinajstić information content (AvgIpc) is 2.99. The minimum Gasteiger partial charge on any atom is -0.355 e. The van der Waals surface area contributed by atoms with Crippen LogP contribution in [-0.2, 0) is 11.2 Å². The highest BCUT2D eigenvalue weighted by Crippen LogP contribution is 2.17. The molecule has 6 heteroatoms. The molecular weight excluding hydrogens is 286 g/mol. The minimum absolute atomic E-state index is 0.00825. The zero-order chi connectivity index (χ0) is 15.2. The van der Waals surface area contributed by atoms with Gasteiger partial charge in [0.15, 0.2) is 0 Å². The Hall–Kier alpha value is -1.56. The summed E-state index contributed by atoms with van der Waals surface area (Å²) in [5.41, 5.74) is 0. The predicted octanol–water partition coefficient (Wildman–Crippen LogP) is 1.80. The van der Waals surface area contributed by atoms with Crippen LogP contribution in [0.3, 0.4) is 0 Å². The van der Waals surface area contributed by atoms with Crippen LogP contribution < -0.4 is 5.32 Å². The van der Waals surface area contributed by atoms with Crippen molar-refractivity contribution < 1.29 is 9.59 Å². The number of carbonyl (C=O) groups is 2. The van der Waals surface area contributed by atoms with Crippen LogP contribution in [0.1, 0.15) is 17.7 Å². The molecule has 116 valence electrons. The zero-order valence-electron chi connectivity index (χ0n) is 12.7. The molecule has 21 heavy (non-hydrogen) atoms. The van der Waals surface area contributed by atoms with Crippen molar-refractivity contribution in [2.45, 2.75) is 19.3 Å². The normalized spacial score (nSPS) is 18.4. The summed E-state index contributed by atoms with van der Waals surface area (Å²) in [6.07, 6.45) is 2.63. The Morgan fingerprint density at radius 2 is 2.29 bits per heavy atom. The van der Waals surface area contributed by atoms with Crippen molar-refractivity contribution >= 4 is 23.3 Å². The Labute approximate surface area is 129 Å². The quantitative estimate of drug-likeness (QED) is 0.922. The molecule has 0 saturated carbocycles. The highest BCUT2D eigenvalue weighted by atomic mass is 32.1. The van der Waals surface area contributed by atoms with E-state index in [0.717, 1.165) is 25.8 Å². The number of hydrogen-bond acceptors (Lipinski definition) is 3. The van der Waals surface area contributed by atoms with Gasteiger partial charge in [0, 0.05) is 38.6 Å². The average molecular weight is 309 g/mol. The second-order valence-electron chi connectivity index (χ2n) is 5.58. The van der Waals surface area contributed by atoms with Crippen molar-refractivity contribution in [1.29, 1.82) is 0 Å². The van der Waals surface area contributed by atoms with Crippen LogP contribution in [-0.4, -0.2) is 55.5 Å². The number of likely N-dealkylation sites (tertiary alicyclic amines) is 1. The Bertz CT molecular complexity index is 473. The fourth-order valence-corrected chi connectivity index (χ4v) is 3.26. The lowest BCUT2D eigenvalue weighted by molar-refractivity contribution is -0.126. The van der Waals surface area contributed by atoms with Crippen LogP contribution in [0.25, 0.3) is 0 Å². The molecule has 1 saturated heterocycles. The number of piperidine rings is 1. The molecule has 1 aromatic rings. The van der Waals surface area contributed by atoms with E-state index in [1.807, 2.05) is 11.4 Å². The first-order valence-electron chi connectivity index (χ1n) is 7.34. The third-order valence-electron chi connectivity index (χ3n) is 3.70. The van der Waals surface area contributed by atoms with Gasteiger partial charge in [-0.05, 0) is 30.7 Å². The Morgan fingerprint density at radius 1 is 1.48 bits per heavy atom. The molecule has 3 amide bonds. The first kappa shape index (κ1) is 15.8. The zero-order valence-corrected chi connectivity index (χ0v) is 13.5. The highest BCUT2D eigenvalue weighted by molar-refractivity contribution is 7.09. The fourth-order valence-electron chi connectivity index (χ4n) is 2.56. The number of rotatable bonds is 4. The summed E-state index contributed by atoms with van der Waals surface area (Å²) in [5, 5.41) is 5.04. The third kappa shape index (κ3) is 4.46. The lowest BCUT2D eigenvalue weighted by Crippen LogP contribution is -2.48. The molecule has 2 heterocycles. The molecule has 0 unspecified atom stereocenters. The predicted molar refractivity (Wildman–Crippen MR) is 84.4 cm³/mol. The lowest BCUT2D eigenvalue weighted by Gasteiger charge is -2.33. The van der Waals surface area contributed by atoms with Gasteiger partial charge in [0.2, 0.25) is 5.91 Å². The van der Waals surface area contributed by atoms with Crippen LogP contribution in [0.4, 0.5) is 4.79 Å². The third-order valence-corrected chi connectivity index (χ3v) is 4.63. The van der Waals surface area contributed by atoms with Crippen LogP contribution in [0, 0.1) is 5.92 Å². The van der Waals surface area contributed by atoms with Crippen LogP contribution in [0.5, 0.6) is 0 Å². The van der Waals surface area contributed by atoms with E-state index in [9.17, 15) is 9.59 Å². The van der Waals surface area contributed by atoms with Crippen LogP contribution >= 0.6 is 11.3 Å². The molecule has 0 radical (unpaired) electrons. The molecule has 0 spiro atoms. The monoisotopic (exact) mass is 309 g/mol. The molecular formula is C15H23N3O2S. The van der Waals surface area contributed by atoms with Gasteiger partial charge in [0.1, 0.15) is 0 Å². The van der Waals surface area contributed by atoms with Gasteiger partial charge in [0.05, 0.1) is 5.92 Å². The summed E-state index contributed by atoms with van der Waals surface area (Å²) in [7, 11) is 3.49. The van der Waals surface area contributed by atoms with E-state index in [4.69, 9.17) is 0 Å². The van der Waals surface area contributed by atoms with E-state index in [1.165, 1.54) is 4.88 Å². The smallest absolute Gasteiger partial charge is 0.319 e. The van der Waals surface area contributed by atoms with Crippen molar-refractivity contribution in [2.24, 2.45) is 5.92 Å². The molecule has 2 rings (SSSR count). The number of amides is 3. The summed E-state index contributed by atoms with van der Waals surface area (Å²) in [6.45, 7) is 1.94. The molecule has 1 aliphatic heterocycles. The summed E-state index contributed by atoms with van der Waals surface area (Å²) < 4.78 is 0. The Morgan fingerprint density at radius 3 is 2.95 bits per heavy atom. The van der Waals surface area contributed by atoms with Gasteiger partial charge in [-0.25, -0.2) is 4.79 Å². The number of hydrogen-bond donors (Lipinski definition) is 1. The van der Waals surface area contributed by atoms with Gasteiger partial charge in [-0.2, -0.15) is 0 Å². The largest absolute Gasteiger partial charge is 0.355 e. The molecule has 1 atom stereocenters. The molecule has 1 aliphatic rings. The van der Waals surface area contributed by atoms with E-state index in [-0.39, 0.29) is 17.9 Å². The first-order valence-corrected chi connectivity index (χ1v) is 8.22. The summed E-state index contributed by atoms with van der Waals surface area (Å²) >= 11 is 1.71. The maximum Gasteiger partial charge on any atom is 0.319 e.